The second-order valence-corrected chi connectivity index (χ2v) is 17.4. The van der Waals surface area contributed by atoms with Gasteiger partial charge in [-0.05, 0) is 53.4 Å². The molecule has 65 heavy (non-hydrogen) atoms. The number of halogens is 1. The molecule has 9 heteroatoms. The van der Waals surface area contributed by atoms with E-state index in [1.54, 1.807) is 27.9 Å². The third kappa shape index (κ3) is 52.2. The molecule has 0 aliphatic carbocycles. The molecule has 8 nitrogen and oxygen atoms in total. The summed E-state index contributed by atoms with van der Waals surface area (Å²) >= 11 is 0. The lowest BCUT2D eigenvalue weighted by Crippen LogP contribution is -3.00. The van der Waals surface area contributed by atoms with E-state index in [-0.39, 0.29) is 100 Å². The van der Waals surface area contributed by atoms with E-state index in [1.807, 2.05) is 38.2 Å². The average molecular weight is 1050 g/mol. The lowest BCUT2D eigenvalue weighted by Gasteiger charge is -2.35. The van der Waals surface area contributed by atoms with Gasteiger partial charge < -0.3 is 34.0 Å². The van der Waals surface area contributed by atoms with E-state index in [9.17, 15) is 9.59 Å². The molecular weight excluding hydrogens is 916 g/mol. The number of hydrazine groups is 1. The Hall–Kier alpha value is -1.07. The zero-order valence-electron chi connectivity index (χ0n) is 40.8. The van der Waals surface area contributed by atoms with Crippen molar-refractivity contribution < 1.29 is 33.6 Å². The van der Waals surface area contributed by atoms with Crippen LogP contribution in [0.5, 0.6) is 0 Å². The Morgan fingerprint density at radius 2 is 0.538 bits per heavy atom. The SMILES string of the molecule is C.C.C.C.C.C.C.C.CCCCCCCCC(CCCCCCCC)(/C(C)=N/N(C)C)/C(C)=N/N(C)C.CCCCCCCCC(CCCCCCCC)(C(C)=O)C(C)=O.CN(C)N.[I-]. The highest BCUT2D eigenvalue weighted by atomic mass is 127. The number of ketones is 2. The predicted octanol–water partition coefficient (Wildman–Crippen LogP) is 15.5. The number of hydrogen-bond acceptors (Lipinski definition) is 8. The highest BCUT2D eigenvalue weighted by Gasteiger charge is 2.39. The molecule has 0 saturated heterocycles. The number of Topliss-reactive ketones (excluding diaryl/α,β-unsaturated/α-hetero) is 2. The van der Waals surface area contributed by atoms with Gasteiger partial charge in [0, 0.05) is 59.1 Å². The fourth-order valence-electron chi connectivity index (χ4n) is 7.81. The van der Waals surface area contributed by atoms with Crippen molar-refractivity contribution >= 4 is 23.0 Å². The number of nitrogens with two attached hydrogens (primary N) is 1. The summed E-state index contributed by atoms with van der Waals surface area (Å²) in [6.07, 6.45) is 34.3. The van der Waals surface area contributed by atoms with E-state index in [2.05, 4.69) is 41.5 Å². The van der Waals surface area contributed by atoms with Crippen molar-refractivity contribution in [3.8, 4) is 0 Å². The normalized spacial score (nSPS) is 10.5. The van der Waals surface area contributed by atoms with Gasteiger partial charge in [0.2, 0.25) is 0 Å². The maximum Gasteiger partial charge on any atom is 0.143 e. The van der Waals surface area contributed by atoms with E-state index in [0.29, 0.717) is 0 Å². The Morgan fingerprint density at radius 3 is 0.708 bits per heavy atom. The van der Waals surface area contributed by atoms with Crippen molar-refractivity contribution in [1.82, 2.24) is 15.0 Å². The first kappa shape index (κ1) is 93.9. The summed E-state index contributed by atoms with van der Waals surface area (Å²) in [6.45, 7) is 16.7. The molecule has 0 radical (unpaired) electrons. The quantitative estimate of drug-likeness (QED) is 0.0172. The molecule has 0 amide bonds. The molecule has 0 aliphatic heterocycles. The minimum Gasteiger partial charge on any atom is -1.00 e. The van der Waals surface area contributed by atoms with Crippen molar-refractivity contribution in [3.63, 3.8) is 0 Å². The van der Waals surface area contributed by atoms with E-state index < -0.39 is 5.41 Å². The largest absolute Gasteiger partial charge is 1.00 e. The summed E-state index contributed by atoms with van der Waals surface area (Å²) in [4.78, 5) is 24.4. The molecule has 0 rings (SSSR count). The smallest absolute Gasteiger partial charge is 0.143 e. The van der Waals surface area contributed by atoms with Crippen LogP contribution in [0.2, 0.25) is 0 Å². The van der Waals surface area contributed by atoms with E-state index in [1.165, 1.54) is 158 Å². The lowest BCUT2D eigenvalue weighted by molar-refractivity contribution is -0.139. The summed E-state index contributed by atoms with van der Waals surface area (Å²) in [6, 6.07) is 0. The summed E-state index contributed by atoms with van der Waals surface area (Å²) in [5.74, 6) is 5.12. The number of nitrogens with zero attached hydrogens (tertiary/aromatic N) is 5. The molecule has 0 aromatic rings. The third-order valence-corrected chi connectivity index (χ3v) is 11.3. The average Bonchev–Trinajstić information content (AvgIpc) is 3.11. The molecule has 0 fully saturated rings. The zero-order valence-corrected chi connectivity index (χ0v) is 43.0. The maximum absolute atomic E-state index is 12.2. The highest BCUT2D eigenvalue weighted by molar-refractivity contribution is 6.09. The lowest BCUT2D eigenvalue weighted by atomic mass is 9.71. The topological polar surface area (TPSA) is 94.6 Å². The van der Waals surface area contributed by atoms with Crippen molar-refractivity contribution in [2.75, 3.05) is 42.3 Å². The van der Waals surface area contributed by atoms with Crippen LogP contribution in [0.15, 0.2) is 10.2 Å². The van der Waals surface area contributed by atoms with Crippen molar-refractivity contribution in [1.29, 1.82) is 0 Å². The van der Waals surface area contributed by atoms with Crippen LogP contribution in [0, 0.1) is 10.8 Å². The van der Waals surface area contributed by atoms with Gasteiger partial charge in [0.05, 0.1) is 5.41 Å². The fourth-order valence-corrected chi connectivity index (χ4v) is 7.81. The Bertz CT molecular complexity index is 907. The first-order chi connectivity index (χ1) is 26.5. The van der Waals surface area contributed by atoms with Crippen LogP contribution in [-0.2, 0) is 9.59 Å². The Balaban J connectivity index is -0.0000000716. The first-order valence-electron chi connectivity index (χ1n) is 23.4. The summed E-state index contributed by atoms with van der Waals surface area (Å²) in [7, 11) is 11.7. The Labute approximate surface area is 433 Å². The standard InChI is InChI=1S/C25H52N4.C21H40O2.C2H8N2.8CH4.HI/c1-9-11-13-15-17-19-21-25(23(3)26-28(5)6,24(4)27-29(7)8)22-20-18-16-14-12-10-2;1-5-7-9-11-13-15-17-21(19(3)22,20(4)23)18-16-14-12-10-8-6-2;1-4(2)3;;;;;;;;;/h9-22H2,1-8H3;5-18H2,1-4H3;3H2,1-2H3;8*1H4;1H/p-1/b26-23+,27-24+;;;;;;;;;;;. The number of hydrazone groups is 2. The van der Waals surface area contributed by atoms with Gasteiger partial charge >= 0.3 is 0 Å². The summed E-state index contributed by atoms with van der Waals surface area (Å²) in [5.41, 5.74) is 1.76. The summed E-state index contributed by atoms with van der Waals surface area (Å²) < 4.78 is 0. The van der Waals surface area contributed by atoms with Gasteiger partial charge in [-0.25, -0.2) is 0 Å². The molecular formula is C56H132IN6O2-. The van der Waals surface area contributed by atoms with Crippen LogP contribution >= 0.6 is 0 Å². The van der Waals surface area contributed by atoms with Crippen LogP contribution in [0.3, 0.4) is 0 Å². The second-order valence-electron chi connectivity index (χ2n) is 17.4. The number of carbonyl (C=O) groups is 2. The predicted molar refractivity (Wildman–Crippen MR) is 304 cm³/mol. The highest BCUT2D eigenvalue weighted by Crippen LogP contribution is 2.37. The van der Waals surface area contributed by atoms with E-state index in [4.69, 9.17) is 16.0 Å². The van der Waals surface area contributed by atoms with Gasteiger partial charge in [-0.3, -0.25) is 20.4 Å². The summed E-state index contributed by atoms with van der Waals surface area (Å²) in [5, 5.41) is 15.2. The maximum atomic E-state index is 12.2. The third-order valence-electron chi connectivity index (χ3n) is 11.3. The second kappa shape index (κ2) is 62.9. The molecule has 0 saturated carbocycles. The first-order valence-corrected chi connectivity index (χ1v) is 23.4. The van der Waals surface area contributed by atoms with Crippen molar-refractivity contribution in [3.05, 3.63) is 0 Å². The van der Waals surface area contributed by atoms with Gasteiger partial charge in [0.25, 0.3) is 0 Å². The van der Waals surface area contributed by atoms with Crippen LogP contribution in [0.1, 0.15) is 295 Å². The molecule has 0 bridgehead atoms. The molecule has 0 unspecified atom stereocenters. The molecule has 0 spiro atoms. The van der Waals surface area contributed by atoms with Crippen LogP contribution in [-0.4, -0.2) is 80.3 Å². The van der Waals surface area contributed by atoms with Gasteiger partial charge in [0.1, 0.15) is 11.6 Å². The van der Waals surface area contributed by atoms with Crippen molar-refractivity contribution in [2.45, 2.75) is 295 Å². The zero-order chi connectivity index (χ0) is 43.3. The Kier molecular flexibility index (Phi) is 90.9. The number of rotatable bonds is 34. The van der Waals surface area contributed by atoms with Gasteiger partial charge in [-0.1, -0.05) is 241 Å². The molecule has 0 heterocycles. The molecule has 0 aliphatic rings. The van der Waals surface area contributed by atoms with Gasteiger partial charge in [-0.2, -0.15) is 10.2 Å². The Morgan fingerprint density at radius 1 is 0.369 bits per heavy atom. The molecule has 406 valence electrons. The number of carbonyl (C=O) groups excluding carboxylic acids is 2. The van der Waals surface area contributed by atoms with E-state index >= 15 is 0 Å². The van der Waals surface area contributed by atoms with Crippen LogP contribution in [0.4, 0.5) is 0 Å². The number of unbranched alkanes of at least 4 members (excludes halogenated alkanes) is 20. The van der Waals surface area contributed by atoms with Crippen molar-refractivity contribution in [2.24, 2.45) is 26.9 Å². The molecule has 0 aromatic carbocycles. The van der Waals surface area contributed by atoms with Gasteiger partial charge in [0.15, 0.2) is 0 Å². The van der Waals surface area contributed by atoms with Crippen LogP contribution in [0.25, 0.3) is 0 Å². The minimum absolute atomic E-state index is 0. The minimum atomic E-state index is -0.685. The molecule has 0 aromatic heterocycles. The van der Waals surface area contributed by atoms with Crippen LogP contribution < -0.4 is 29.8 Å². The molecule has 0 atom stereocenters. The van der Waals surface area contributed by atoms with Gasteiger partial charge in [-0.15, -0.1) is 0 Å². The van der Waals surface area contributed by atoms with E-state index in [0.717, 1.165) is 38.5 Å². The number of hydrogen-bond donors (Lipinski definition) is 1. The fraction of sp³-hybridized carbons (Fsp3) is 0.929. The molecule has 2 N–H and O–H groups in total. The monoisotopic (exact) mass is 1050 g/mol.